The van der Waals surface area contributed by atoms with Gasteiger partial charge in [-0.05, 0) is 12.8 Å². The van der Waals surface area contributed by atoms with Crippen molar-refractivity contribution in [2.45, 2.75) is 158 Å². The zero-order valence-corrected chi connectivity index (χ0v) is 25.5. The van der Waals surface area contributed by atoms with E-state index in [9.17, 15) is 40.9 Å². The molecule has 12 atom stereocenters. The first-order valence-corrected chi connectivity index (χ1v) is 16.0. The molecule has 0 bridgehead atoms. The van der Waals surface area contributed by atoms with Crippen LogP contribution in [0.3, 0.4) is 0 Å². The van der Waals surface area contributed by atoms with Crippen LogP contribution in [-0.4, -0.2) is 134 Å². The third-order valence-electron chi connectivity index (χ3n) is 8.16. The second-order valence-electron chi connectivity index (χ2n) is 11.7. The Labute approximate surface area is 255 Å². The summed E-state index contributed by atoms with van der Waals surface area (Å²) in [4.78, 5) is 0. The molecule has 0 aliphatic carbocycles. The number of rotatable bonds is 21. The first kappa shape index (κ1) is 38.4. The van der Waals surface area contributed by atoms with Crippen LogP contribution in [0.4, 0.5) is 0 Å². The highest BCUT2D eigenvalue weighted by molar-refractivity contribution is 4.96. The average Bonchev–Trinajstić information content (AvgIpc) is 3.01. The molecule has 0 saturated carbocycles. The van der Waals surface area contributed by atoms with E-state index < -0.39 is 86.8 Å². The molecular weight excluding hydrogens is 566 g/mol. The van der Waals surface area contributed by atoms with E-state index >= 15 is 0 Å². The van der Waals surface area contributed by atoms with Crippen LogP contribution in [0.1, 0.15) is 84.0 Å². The number of unbranched alkanes of at least 4 members (excludes halogenated alkanes) is 11. The van der Waals surface area contributed by atoms with Gasteiger partial charge in [0.25, 0.3) is 0 Å². The monoisotopic (exact) mass is 623 g/mol. The molecule has 10 N–H and O–H groups in total. The summed E-state index contributed by atoms with van der Waals surface area (Å²) in [6, 6.07) is -0.850. The minimum Gasteiger partial charge on any atom is -0.394 e. The Morgan fingerprint density at radius 1 is 0.698 bits per heavy atom. The number of aliphatic hydroxyl groups is 8. The molecule has 2 fully saturated rings. The summed E-state index contributed by atoms with van der Waals surface area (Å²) in [5.74, 6) is 0. The number of ether oxygens (including phenoxy) is 4. The van der Waals surface area contributed by atoms with Crippen LogP contribution in [0, 0.1) is 0 Å². The maximum absolute atomic E-state index is 10.7. The van der Waals surface area contributed by atoms with Crippen molar-refractivity contribution >= 4 is 0 Å². The van der Waals surface area contributed by atoms with E-state index in [1.54, 1.807) is 6.08 Å². The molecule has 0 amide bonds. The van der Waals surface area contributed by atoms with E-state index in [1.807, 2.05) is 6.08 Å². The summed E-state index contributed by atoms with van der Waals surface area (Å²) in [5.41, 5.74) is 6.04. The molecule has 0 aromatic heterocycles. The lowest BCUT2D eigenvalue weighted by Crippen LogP contribution is -2.64. The highest BCUT2D eigenvalue weighted by atomic mass is 16.7. The minimum atomic E-state index is -1.75. The van der Waals surface area contributed by atoms with Crippen molar-refractivity contribution in [1.29, 1.82) is 0 Å². The lowest BCUT2D eigenvalue weighted by molar-refractivity contribution is -0.359. The van der Waals surface area contributed by atoms with Gasteiger partial charge in [0.1, 0.15) is 48.8 Å². The molecule has 0 spiro atoms. The van der Waals surface area contributed by atoms with Crippen molar-refractivity contribution in [2.75, 3.05) is 19.8 Å². The molecule has 2 heterocycles. The zero-order valence-electron chi connectivity index (χ0n) is 25.5. The standard InChI is InChI=1S/C30H57NO12/c1-2-3-4-5-6-7-8-9-10-11-12-13-14-15-20(34)19(31)18-40-29-27(39)25(37)28(22(17-33)42-29)43-30-26(38)24(36)23(35)21(16-32)41-30/h14-15,19-30,32-39H,2-13,16-18,31H2,1H3/b15-14+/t19-,20+,21+,22+,23-,24-,25+,26+,27+,28+,29+,30-/m0/s1. The molecule has 0 aromatic carbocycles. The summed E-state index contributed by atoms with van der Waals surface area (Å²) < 4.78 is 21.9. The molecular formula is C30H57NO12. The van der Waals surface area contributed by atoms with Crippen LogP contribution in [-0.2, 0) is 18.9 Å². The number of nitrogens with two attached hydrogens (primary N) is 1. The molecule has 13 nitrogen and oxygen atoms in total. The molecule has 43 heavy (non-hydrogen) atoms. The lowest BCUT2D eigenvalue weighted by Gasteiger charge is -2.46. The summed E-state index contributed by atoms with van der Waals surface area (Å²) in [7, 11) is 0. The van der Waals surface area contributed by atoms with Crippen LogP contribution in [0.5, 0.6) is 0 Å². The van der Waals surface area contributed by atoms with Gasteiger partial charge in [0.2, 0.25) is 0 Å². The van der Waals surface area contributed by atoms with Crippen LogP contribution in [0.15, 0.2) is 12.2 Å². The van der Waals surface area contributed by atoms with Gasteiger partial charge >= 0.3 is 0 Å². The predicted octanol–water partition coefficient (Wildman–Crippen LogP) is -0.427. The molecule has 13 heteroatoms. The van der Waals surface area contributed by atoms with Gasteiger partial charge in [-0.3, -0.25) is 0 Å². The van der Waals surface area contributed by atoms with Crippen LogP contribution >= 0.6 is 0 Å². The van der Waals surface area contributed by atoms with Crippen molar-refractivity contribution in [3.05, 3.63) is 12.2 Å². The Bertz CT molecular complexity index is 744. The molecule has 2 aliphatic rings. The maximum Gasteiger partial charge on any atom is 0.187 e. The van der Waals surface area contributed by atoms with E-state index in [-0.39, 0.29) is 6.61 Å². The normalized spacial score (nSPS) is 34.9. The minimum absolute atomic E-state index is 0.227. The molecule has 2 saturated heterocycles. The summed E-state index contributed by atoms with van der Waals surface area (Å²) in [6.07, 6.45) is 1.80. The first-order chi connectivity index (χ1) is 20.7. The Morgan fingerprint density at radius 3 is 1.81 bits per heavy atom. The van der Waals surface area contributed by atoms with Crippen molar-refractivity contribution in [3.8, 4) is 0 Å². The van der Waals surface area contributed by atoms with Gasteiger partial charge in [0, 0.05) is 0 Å². The second kappa shape index (κ2) is 21.1. The number of hydrogen-bond acceptors (Lipinski definition) is 13. The van der Waals surface area contributed by atoms with Gasteiger partial charge in [0.15, 0.2) is 12.6 Å². The van der Waals surface area contributed by atoms with Gasteiger partial charge in [0.05, 0.1) is 32.0 Å². The van der Waals surface area contributed by atoms with Crippen molar-refractivity contribution < 1.29 is 59.8 Å². The molecule has 2 rings (SSSR count). The topological polar surface area (TPSA) is 225 Å². The van der Waals surface area contributed by atoms with Crippen LogP contribution in [0.25, 0.3) is 0 Å². The van der Waals surface area contributed by atoms with Gasteiger partial charge in [-0.15, -0.1) is 0 Å². The Balaban J connectivity index is 1.70. The fraction of sp³-hybridized carbons (Fsp3) is 0.933. The van der Waals surface area contributed by atoms with Crippen molar-refractivity contribution in [3.63, 3.8) is 0 Å². The Kier molecular flexibility index (Phi) is 18.8. The fourth-order valence-electron chi connectivity index (χ4n) is 5.30. The van der Waals surface area contributed by atoms with Crippen molar-refractivity contribution in [1.82, 2.24) is 0 Å². The predicted molar refractivity (Wildman–Crippen MR) is 157 cm³/mol. The second-order valence-corrected chi connectivity index (χ2v) is 11.7. The maximum atomic E-state index is 10.7. The summed E-state index contributed by atoms with van der Waals surface area (Å²) in [6.45, 7) is 0.641. The SMILES string of the molecule is CCCCCCCCCCCCC/C=C/[C@@H](O)[C@@H](N)CO[C@@H]1O[C@H](CO)[C@@H](O[C@@H]2O[C@H](CO)[C@H](O)[C@H](O)[C@H]2O)[C@H](O)[C@H]1O. The van der Waals surface area contributed by atoms with Crippen LogP contribution < -0.4 is 5.73 Å². The van der Waals surface area contributed by atoms with Gasteiger partial charge in [-0.25, -0.2) is 0 Å². The number of allylic oxidation sites excluding steroid dienone is 1. The number of hydrogen-bond donors (Lipinski definition) is 9. The van der Waals surface area contributed by atoms with Gasteiger partial charge in [-0.1, -0.05) is 83.3 Å². The van der Waals surface area contributed by atoms with Crippen LogP contribution in [0.2, 0.25) is 0 Å². The highest BCUT2D eigenvalue weighted by Gasteiger charge is 2.50. The average molecular weight is 624 g/mol. The first-order valence-electron chi connectivity index (χ1n) is 16.0. The van der Waals surface area contributed by atoms with Gasteiger partial charge < -0.3 is 65.5 Å². The molecule has 0 unspecified atom stereocenters. The smallest absolute Gasteiger partial charge is 0.187 e. The van der Waals surface area contributed by atoms with Crippen molar-refractivity contribution in [2.24, 2.45) is 5.73 Å². The Morgan fingerprint density at radius 2 is 1.23 bits per heavy atom. The van der Waals surface area contributed by atoms with E-state index in [2.05, 4.69) is 6.92 Å². The van der Waals surface area contributed by atoms with E-state index in [4.69, 9.17) is 24.7 Å². The third kappa shape index (κ3) is 12.5. The summed E-state index contributed by atoms with van der Waals surface area (Å²) >= 11 is 0. The zero-order chi connectivity index (χ0) is 31.8. The third-order valence-corrected chi connectivity index (χ3v) is 8.16. The van der Waals surface area contributed by atoms with E-state index in [1.165, 1.54) is 57.8 Å². The highest BCUT2D eigenvalue weighted by Crippen LogP contribution is 2.29. The Hall–Kier alpha value is -0.780. The summed E-state index contributed by atoms with van der Waals surface area (Å²) in [5, 5.41) is 81.0. The van der Waals surface area contributed by atoms with E-state index in [0.29, 0.717) is 0 Å². The molecule has 0 aromatic rings. The van der Waals surface area contributed by atoms with E-state index in [0.717, 1.165) is 19.3 Å². The molecule has 2 aliphatic heterocycles. The molecule has 0 radical (unpaired) electrons. The quantitative estimate of drug-likeness (QED) is 0.0585. The number of aliphatic hydroxyl groups excluding tert-OH is 8. The molecule has 254 valence electrons. The lowest BCUT2D eigenvalue weighted by atomic mass is 9.97. The largest absolute Gasteiger partial charge is 0.394 e. The fourth-order valence-corrected chi connectivity index (χ4v) is 5.30. The van der Waals surface area contributed by atoms with Gasteiger partial charge in [-0.2, -0.15) is 0 Å².